The first-order valence-corrected chi connectivity index (χ1v) is 16.2. The predicted molar refractivity (Wildman–Crippen MR) is 174 cm³/mol. The van der Waals surface area contributed by atoms with Gasteiger partial charge in [-0.15, -0.1) is 0 Å². The standard InChI is InChI=1S/C33H28N6O4S2/c1-3-30(31(40)37-24-12-16-26(17-13-24)45(41,42)39-33-35-18-7-19-36-33)44-32-28(21-34)27(22-10-14-25(43-2)15-11-22)20-29(38-32)23-8-5-4-6-9-23/h4-20,30H,3H2,1-2H3,(H,37,40)(H,35,36,39). The molecule has 12 heteroatoms. The van der Waals surface area contributed by atoms with Crippen LogP contribution >= 0.6 is 11.8 Å². The van der Waals surface area contributed by atoms with Gasteiger partial charge in [-0.3, -0.25) is 4.79 Å². The highest BCUT2D eigenvalue weighted by atomic mass is 32.2. The minimum absolute atomic E-state index is 0.0129. The van der Waals surface area contributed by atoms with Crippen LogP contribution in [-0.2, 0) is 14.8 Å². The second-order valence-corrected chi connectivity index (χ2v) is 12.5. The lowest BCUT2D eigenvalue weighted by atomic mass is 9.99. The molecule has 2 heterocycles. The molecular formula is C33H28N6O4S2. The largest absolute Gasteiger partial charge is 0.497 e. The Morgan fingerprint density at radius 1 is 0.956 bits per heavy atom. The summed E-state index contributed by atoms with van der Waals surface area (Å²) in [5.41, 5.74) is 3.83. The van der Waals surface area contributed by atoms with Crippen LogP contribution in [0.5, 0.6) is 5.75 Å². The molecular weight excluding hydrogens is 609 g/mol. The van der Waals surface area contributed by atoms with Gasteiger partial charge in [0.15, 0.2) is 0 Å². The topological polar surface area (TPSA) is 147 Å². The van der Waals surface area contributed by atoms with Crippen molar-refractivity contribution in [1.82, 2.24) is 15.0 Å². The molecule has 0 spiro atoms. The molecule has 0 saturated heterocycles. The van der Waals surface area contributed by atoms with E-state index in [0.717, 1.165) is 11.1 Å². The van der Waals surface area contributed by atoms with Crippen molar-refractivity contribution >= 4 is 39.3 Å². The van der Waals surface area contributed by atoms with E-state index in [1.54, 1.807) is 13.2 Å². The summed E-state index contributed by atoms with van der Waals surface area (Å²) in [6.45, 7) is 1.88. The van der Waals surface area contributed by atoms with Crippen molar-refractivity contribution in [3.63, 3.8) is 0 Å². The molecule has 2 aromatic heterocycles. The van der Waals surface area contributed by atoms with Crippen LogP contribution in [-0.4, -0.2) is 41.6 Å². The van der Waals surface area contributed by atoms with Crippen LogP contribution in [0.15, 0.2) is 113 Å². The maximum Gasteiger partial charge on any atom is 0.264 e. The molecule has 0 bridgehead atoms. The summed E-state index contributed by atoms with van der Waals surface area (Å²) in [7, 11) is -2.33. The lowest BCUT2D eigenvalue weighted by Crippen LogP contribution is -2.25. The number of nitrogens with one attached hydrogen (secondary N) is 2. The van der Waals surface area contributed by atoms with Gasteiger partial charge in [0.2, 0.25) is 11.9 Å². The third kappa shape index (κ3) is 7.46. The number of hydrogen-bond acceptors (Lipinski definition) is 9. The Labute approximate surface area is 265 Å². The quantitative estimate of drug-likeness (QED) is 0.157. The maximum absolute atomic E-state index is 13.4. The number of thioether (sulfide) groups is 1. The summed E-state index contributed by atoms with van der Waals surface area (Å²) in [5, 5.41) is 13.0. The first-order valence-electron chi connectivity index (χ1n) is 13.8. The molecule has 0 saturated carbocycles. The summed E-state index contributed by atoms with van der Waals surface area (Å²) in [6.07, 6.45) is 3.31. The Bertz CT molecular complexity index is 1930. The number of nitrogens with zero attached hydrogens (tertiary/aromatic N) is 4. The summed E-state index contributed by atoms with van der Waals surface area (Å²) in [6, 6.07) is 28.6. The number of aromatic nitrogens is 3. The zero-order valence-electron chi connectivity index (χ0n) is 24.3. The van der Waals surface area contributed by atoms with Crippen LogP contribution in [0.2, 0.25) is 0 Å². The Hall–Kier alpha value is -5.25. The monoisotopic (exact) mass is 636 g/mol. The van der Waals surface area contributed by atoms with Gasteiger partial charge in [0.05, 0.1) is 28.5 Å². The summed E-state index contributed by atoms with van der Waals surface area (Å²) in [4.78, 5) is 26.0. The number of rotatable bonds is 11. The van der Waals surface area contributed by atoms with E-state index in [1.807, 2.05) is 67.6 Å². The number of pyridine rings is 1. The van der Waals surface area contributed by atoms with E-state index in [4.69, 9.17) is 9.72 Å². The number of carbonyl (C=O) groups is 1. The van der Waals surface area contributed by atoms with Gasteiger partial charge in [-0.1, -0.05) is 61.2 Å². The molecule has 226 valence electrons. The average molecular weight is 637 g/mol. The number of hydrogen-bond donors (Lipinski definition) is 2. The van der Waals surface area contributed by atoms with E-state index < -0.39 is 15.3 Å². The van der Waals surface area contributed by atoms with E-state index in [2.05, 4.69) is 26.1 Å². The number of nitriles is 1. The SMILES string of the molecule is CCC(Sc1nc(-c2ccccc2)cc(-c2ccc(OC)cc2)c1C#N)C(=O)Nc1ccc(S(=O)(=O)Nc2ncccn2)cc1. The van der Waals surface area contributed by atoms with E-state index >= 15 is 0 Å². The van der Waals surface area contributed by atoms with E-state index in [-0.39, 0.29) is 16.8 Å². The van der Waals surface area contributed by atoms with Gasteiger partial charge in [-0.2, -0.15) is 5.26 Å². The molecule has 1 amide bonds. The van der Waals surface area contributed by atoms with Gasteiger partial charge >= 0.3 is 0 Å². The zero-order chi connectivity index (χ0) is 31.8. The summed E-state index contributed by atoms with van der Waals surface area (Å²) < 4.78 is 33.1. The van der Waals surface area contributed by atoms with Crippen molar-refractivity contribution < 1.29 is 17.9 Å². The molecule has 5 rings (SSSR count). The molecule has 1 atom stereocenters. The van der Waals surface area contributed by atoms with Gasteiger partial charge in [-0.05, 0) is 60.5 Å². The highest BCUT2D eigenvalue weighted by Gasteiger charge is 2.24. The Morgan fingerprint density at radius 2 is 1.64 bits per heavy atom. The number of sulfonamides is 1. The number of carbonyl (C=O) groups excluding carboxylic acids is 1. The number of amides is 1. The first-order chi connectivity index (χ1) is 21.8. The molecule has 3 aromatic carbocycles. The van der Waals surface area contributed by atoms with Crippen molar-refractivity contribution in [2.45, 2.75) is 28.5 Å². The van der Waals surface area contributed by atoms with E-state index in [9.17, 15) is 18.5 Å². The fourth-order valence-electron chi connectivity index (χ4n) is 4.40. The van der Waals surface area contributed by atoms with Crippen molar-refractivity contribution in [3.05, 3.63) is 109 Å². The number of benzene rings is 3. The second-order valence-electron chi connectivity index (χ2n) is 9.65. The van der Waals surface area contributed by atoms with E-state index in [1.165, 1.54) is 48.4 Å². The maximum atomic E-state index is 13.4. The molecule has 1 unspecified atom stereocenters. The van der Waals surface area contributed by atoms with Gasteiger partial charge < -0.3 is 10.1 Å². The third-order valence-corrected chi connectivity index (χ3v) is 9.40. The lowest BCUT2D eigenvalue weighted by Gasteiger charge is -2.18. The van der Waals surface area contributed by atoms with Crippen LogP contribution in [0.1, 0.15) is 18.9 Å². The van der Waals surface area contributed by atoms with Crippen molar-refractivity contribution in [1.29, 1.82) is 5.26 Å². The van der Waals surface area contributed by atoms with Crippen LogP contribution in [0, 0.1) is 11.3 Å². The summed E-state index contributed by atoms with van der Waals surface area (Å²) >= 11 is 1.21. The fraction of sp³-hybridized carbons (Fsp3) is 0.121. The highest BCUT2D eigenvalue weighted by molar-refractivity contribution is 8.00. The molecule has 45 heavy (non-hydrogen) atoms. The predicted octanol–water partition coefficient (Wildman–Crippen LogP) is 6.40. The molecule has 0 radical (unpaired) electrons. The number of ether oxygens (including phenoxy) is 1. The zero-order valence-corrected chi connectivity index (χ0v) is 26.0. The Kier molecular flexibility index (Phi) is 9.72. The number of methoxy groups -OCH3 is 1. The van der Waals surface area contributed by atoms with Crippen LogP contribution < -0.4 is 14.8 Å². The number of anilines is 2. The molecule has 0 aliphatic heterocycles. The molecule has 0 fully saturated rings. The van der Waals surface area contributed by atoms with Crippen molar-refractivity contribution in [2.75, 3.05) is 17.1 Å². The molecule has 0 aliphatic carbocycles. The minimum Gasteiger partial charge on any atom is -0.497 e. The smallest absolute Gasteiger partial charge is 0.264 e. The van der Waals surface area contributed by atoms with Crippen molar-refractivity contribution in [3.8, 4) is 34.2 Å². The highest BCUT2D eigenvalue weighted by Crippen LogP contribution is 2.37. The molecule has 5 aromatic rings. The van der Waals surface area contributed by atoms with Crippen molar-refractivity contribution in [2.24, 2.45) is 0 Å². The normalized spacial score (nSPS) is 11.7. The molecule has 0 aliphatic rings. The Balaban J connectivity index is 1.40. The summed E-state index contributed by atoms with van der Waals surface area (Å²) in [5.74, 6) is 0.337. The fourth-order valence-corrected chi connectivity index (χ4v) is 6.38. The first kappa shape index (κ1) is 31.2. The second kappa shape index (κ2) is 14.0. The van der Waals surface area contributed by atoms with Crippen LogP contribution in [0.4, 0.5) is 11.6 Å². The van der Waals surface area contributed by atoms with Crippen LogP contribution in [0.3, 0.4) is 0 Å². The lowest BCUT2D eigenvalue weighted by molar-refractivity contribution is -0.115. The third-order valence-electron chi connectivity index (χ3n) is 6.71. The van der Waals surface area contributed by atoms with Gasteiger partial charge in [0.25, 0.3) is 10.0 Å². The van der Waals surface area contributed by atoms with E-state index in [0.29, 0.717) is 39.7 Å². The van der Waals surface area contributed by atoms with Gasteiger partial charge in [0.1, 0.15) is 16.8 Å². The molecule has 2 N–H and O–H groups in total. The molecule has 10 nitrogen and oxygen atoms in total. The average Bonchev–Trinajstić information content (AvgIpc) is 3.07. The minimum atomic E-state index is -3.92. The van der Waals surface area contributed by atoms with Gasteiger partial charge in [0, 0.05) is 29.2 Å². The van der Waals surface area contributed by atoms with Gasteiger partial charge in [-0.25, -0.2) is 28.1 Å². The van der Waals surface area contributed by atoms with Crippen LogP contribution in [0.25, 0.3) is 22.4 Å². The Morgan fingerprint density at radius 3 is 2.27 bits per heavy atom.